The van der Waals surface area contributed by atoms with E-state index in [1.54, 1.807) is 4.68 Å². The van der Waals surface area contributed by atoms with E-state index in [1.165, 1.54) is 21.3 Å². The molecule has 0 radical (unpaired) electrons. The zero-order chi connectivity index (χ0) is 35.8. The van der Waals surface area contributed by atoms with Crippen LogP contribution in [0.1, 0.15) is 48.9 Å². The molecular weight excluding hydrogens is 698 g/mol. The Bertz CT molecular complexity index is 1670. The molecule has 0 saturated carbocycles. The topological polar surface area (TPSA) is 140 Å². The van der Waals surface area contributed by atoms with Gasteiger partial charge in [0.2, 0.25) is 21.8 Å². The molecule has 0 bridgehead atoms. The predicted molar refractivity (Wildman–Crippen MR) is 181 cm³/mol. The molecule has 6 rings (SSSR count). The SMILES string of the molecule is CS(=O)(=O)N1CCc2c(c(-c3ccc(C(F)(F)F)c(SCC(=O)N4CC[C@@H](O)C4)c3)nn2CC(O)CN2CCC(C(=O)N3CCCC3)CC2)C1. The average Bonchev–Trinajstić information content (AvgIpc) is 3.83. The number of rotatable bonds is 10. The first-order valence-electron chi connectivity index (χ1n) is 17.2. The van der Waals surface area contributed by atoms with E-state index in [4.69, 9.17) is 5.10 Å². The van der Waals surface area contributed by atoms with Crippen LogP contribution in [0.15, 0.2) is 23.1 Å². The fourth-order valence-electron chi connectivity index (χ4n) is 7.47. The monoisotopic (exact) mass is 742 g/mol. The van der Waals surface area contributed by atoms with Gasteiger partial charge in [-0.05, 0) is 57.3 Å². The third kappa shape index (κ3) is 8.49. The van der Waals surface area contributed by atoms with Gasteiger partial charge in [0.1, 0.15) is 0 Å². The zero-order valence-corrected chi connectivity index (χ0v) is 29.8. The Morgan fingerprint density at radius 3 is 2.38 bits per heavy atom. The standard InChI is InChI=1S/C33H45F3N6O6S2/c1-50(47,48)41-15-9-28-26(20-41)31(23-4-5-27(33(34,35)36)29(16-23)49-21-30(45)40-14-8-24(43)18-40)37-42(28)19-25(44)17-38-12-6-22(7-13-38)32(46)39-10-2-3-11-39/h4-5,16,22,24-25,43-44H,2-3,6-15,17-21H2,1H3/t24-,25?/m1/s1. The first kappa shape index (κ1) is 37.1. The number of halogens is 3. The predicted octanol–water partition coefficient (Wildman–Crippen LogP) is 2.27. The van der Waals surface area contributed by atoms with Crippen LogP contribution in [0.5, 0.6) is 0 Å². The van der Waals surface area contributed by atoms with Crippen LogP contribution in [0, 0.1) is 5.92 Å². The van der Waals surface area contributed by atoms with Crippen molar-refractivity contribution in [2.45, 2.75) is 74.9 Å². The van der Waals surface area contributed by atoms with Crippen molar-refractivity contribution >= 4 is 33.6 Å². The number of fused-ring (bicyclic) bond motifs is 1. The maximum absolute atomic E-state index is 14.1. The Kier molecular flexibility index (Phi) is 11.2. The van der Waals surface area contributed by atoms with E-state index < -0.39 is 34.0 Å². The van der Waals surface area contributed by atoms with Crippen LogP contribution in [-0.2, 0) is 45.3 Å². The van der Waals surface area contributed by atoms with Gasteiger partial charge in [0.15, 0.2) is 0 Å². The number of hydrogen-bond donors (Lipinski definition) is 2. The number of β-amino-alcohol motifs (C(OH)–C–C–N with tert-alkyl or cyclic N) is 2. The number of benzene rings is 1. The minimum Gasteiger partial charge on any atom is -0.391 e. The van der Waals surface area contributed by atoms with Crippen molar-refractivity contribution in [1.82, 2.24) is 28.8 Å². The average molecular weight is 743 g/mol. The Hall–Kier alpha value is -2.70. The summed E-state index contributed by atoms with van der Waals surface area (Å²) in [4.78, 5) is 31.0. The summed E-state index contributed by atoms with van der Waals surface area (Å²) in [5.41, 5.74) is 1.05. The number of aliphatic hydroxyl groups excluding tert-OH is 2. The van der Waals surface area contributed by atoms with Gasteiger partial charge in [-0.1, -0.05) is 6.07 Å². The molecule has 5 heterocycles. The molecular formula is C33H45F3N6O6S2. The van der Waals surface area contributed by atoms with Gasteiger partial charge in [0.05, 0.1) is 42.0 Å². The molecule has 1 aromatic carbocycles. The number of alkyl halides is 3. The lowest BCUT2D eigenvalue weighted by molar-refractivity contribution is -0.140. The van der Waals surface area contributed by atoms with Crippen LogP contribution in [0.25, 0.3) is 11.3 Å². The lowest BCUT2D eigenvalue weighted by Crippen LogP contribution is -2.44. The van der Waals surface area contributed by atoms with E-state index in [0.717, 1.165) is 62.9 Å². The van der Waals surface area contributed by atoms with Gasteiger partial charge in [-0.15, -0.1) is 11.8 Å². The molecule has 4 aliphatic heterocycles. The lowest BCUT2D eigenvalue weighted by atomic mass is 9.95. The number of carbonyl (C=O) groups is 2. The van der Waals surface area contributed by atoms with E-state index in [-0.39, 0.29) is 54.6 Å². The van der Waals surface area contributed by atoms with Gasteiger partial charge >= 0.3 is 6.18 Å². The fourth-order valence-corrected chi connectivity index (χ4v) is 9.27. The van der Waals surface area contributed by atoms with Crippen molar-refractivity contribution in [2.24, 2.45) is 5.92 Å². The van der Waals surface area contributed by atoms with Crippen LogP contribution in [0.2, 0.25) is 0 Å². The Labute approximate surface area is 294 Å². The third-order valence-electron chi connectivity index (χ3n) is 10.2. The zero-order valence-electron chi connectivity index (χ0n) is 28.1. The van der Waals surface area contributed by atoms with Gasteiger partial charge in [-0.2, -0.15) is 22.6 Å². The van der Waals surface area contributed by atoms with Crippen LogP contribution in [0.4, 0.5) is 13.2 Å². The van der Waals surface area contributed by atoms with Gasteiger partial charge in [0.25, 0.3) is 0 Å². The van der Waals surface area contributed by atoms with Crippen LogP contribution in [-0.4, -0.2) is 136 Å². The van der Waals surface area contributed by atoms with Crippen molar-refractivity contribution in [3.63, 3.8) is 0 Å². The highest BCUT2D eigenvalue weighted by Gasteiger charge is 2.36. The highest BCUT2D eigenvalue weighted by Crippen LogP contribution is 2.40. The molecule has 2 atom stereocenters. The van der Waals surface area contributed by atoms with Crippen molar-refractivity contribution in [3.8, 4) is 11.3 Å². The van der Waals surface area contributed by atoms with Crippen molar-refractivity contribution in [1.29, 1.82) is 0 Å². The number of hydrogen-bond acceptors (Lipinski definition) is 9. The summed E-state index contributed by atoms with van der Waals surface area (Å²) >= 11 is 0.764. The Morgan fingerprint density at radius 1 is 1.02 bits per heavy atom. The van der Waals surface area contributed by atoms with Gasteiger partial charge in [-0.25, -0.2) is 8.42 Å². The highest BCUT2D eigenvalue weighted by molar-refractivity contribution is 8.00. The second-order valence-electron chi connectivity index (χ2n) is 13.8. The number of amides is 2. The quantitative estimate of drug-likeness (QED) is 0.351. The normalized spacial score (nSPS) is 21.9. The fraction of sp³-hybridized carbons (Fsp3) is 0.667. The van der Waals surface area contributed by atoms with E-state index in [9.17, 15) is 41.4 Å². The second kappa shape index (κ2) is 15.1. The molecule has 3 saturated heterocycles. The first-order chi connectivity index (χ1) is 23.7. The summed E-state index contributed by atoms with van der Waals surface area (Å²) < 4.78 is 70.3. The van der Waals surface area contributed by atoms with Crippen molar-refractivity contribution in [2.75, 3.05) is 64.4 Å². The number of sulfonamides is 1. The lowest BCUT2D eigenvalue weighted by Gasteiger charge is -2.34. The first-order valence-corrected chi connectivity index (χ1v) is 20.0. The largest absolute Gasteiger partial charge is 0.417 e. The summed E-state index contributed by atoms with van der Waals surface area (Å²) in [6.07, 6.45) is -0.770. The minimum absolute atomic E-state index is 0.00185. The number of nitrogens with zero attached hydrogens (tertiary/aromatic N) is 6. The summed E-state index contributed by atoms with van der Waals surface area (Å²) in [6.45, 7) is 4.15. The van der Waals surface area contributed by atoms with E-state index in [1.807, 2.05) is 4.90 Å². The number of aromatic nitrogens is 2. The summed E-state index contributed by atoms with van der Waals surface area (Å²) in [5.74, 6) is -0.391. The number of piperidine rings is 1. The number of thioether (sulfide) groups is 1. The second-order valence-corrected chi connectivity index (χ2v) is 16.8. The third-order valence-corrected chi connectivity index (χ3v) is 12.5. The van der Waals surface area contributed by atoms with E-state index in [2.05, 4.69) is 4.90 Å². The maximum Gasteiger partial charge on any atom is 0.417 e. The maximum atomic E-state index is 14.1. The summed E-state index contributed by atoms with van der Waals surface area (Å²) in [6, 6.07) is 3.61. The molecule has 2 amide bonds. The summed E-state index contributed by atoms with van der Waals surface area (Å²) in [5, 5.41) is 25.7. The minimum atomic E-state index is -4.68. The molecule has 0 spiro atoms. The molecule has 12 nitrogen and oxygen atoms in total. The van der Waals surface area contributed by atoms with Gasteiger partial charge in [-0.3, -0.25) is 14.3 Å². The smallest absolute Gasteiger partial charge is 0.391 e. The number of carbonyl (C=O) groups excluding carboxylic acids is 2. The molecule has 1 unspecified atom stereocenters. The molecule has 1 aromatic heterocycles. The molecule has 276 valence electrons. The van der Waals surface area contributed by atoms with Crippen LogP contribution >= 0.6 is 11.8 Å². The highest BCUT2D eigenvalue weighted by atomic mass is 32.2. The number of likely N-dealkylation sites (tertiary alicyclic amines) is 3. The van der Waals surface area contributed by atoms with Crippen LogP contribution in [0.3, 0.4) is 0 Å². The summed E-state index contributed by atoms with van der Waals surface area (Å²) in [7, 11) is -3.58. The molecule has 3 fully saturated rings. The molecule has 50 heavy (non-hydrogen) atoms. The molecule has 2 N–H and O–H groups in total. The molecule has 2 aromatic rings. The van der Waals surface area contributed by atoms with E-state index >= 15 is 0 Å². The molecule has 0 aliphatic carbocycles. The Balaban J connectivity index is 1.21. The van der Waals surface area contributed by atoms with Crippen molar-refractivity contribution in [3.05, 3.63) is 35.0 Å². The molecule has 4 aliphatic rings. The van der Waals surface area contributed by atoms with Gasteiger partial charge in [0, 0.05) is 79.9 Å². The van der Waals surface area contributed by atoms with Crippen molar-refractivity contribution < 1.29 is 41.4 Å². The van der Waals surface area contributed by atoms with Gasteiger partial charge < -0.3 is 24.9 Å². The Morgan fingerprint density at radius 2 is 1.74 bits per heavy atom. The molecule has 17 heteroatoms. The van der Waals surface area contributed by atoms with Crippen LogP contribution < -0.4 is 0 Å². The van der Waals surface area contributed by atoms with E-state index in [0.29, 0.717) is 61.5 Å². The number of aliphatic hydroxyl groups is 2.